The van der Waals surface area contributed by atoms with Crippen LogP contribution in [0.1, 0.15) is 50.2 Å². The Morgan fingerprint density at radius 1 is 1.25 bits per heavy atom. The minimum absolute atomic E-state index is 0. The van der Waals surface area contributed by atoms with Crippen molar-refractivity contribution in [3.8, 4) is 0 Å². The number of aryl methyl sites for hydroxylation is 1. The summed E-state index contributed by atoms with van der Waals surface area (Å²) in [6.07, 6.45) is 5.43. The number of carboxylic acids is 1. The first-order chi connectivity index (χ1) is 11.1. The van der Waals surface area contributed by atoms with Crippen molar-refractivity contribution in [3.63, 3.8) is 0 Å². The first kappa shape index (κ1) is 19.9. The van der Waals surface area contributed by atoms with Gasteiger partial charge in [0, 0.05) is 31.1 Å². The van der Waals surface area contributed by atoms with Crippen LogP contribution in [0.2, 0.25) is 0 Å². The zero-order valence-electron chi connectivity index (χ0n) is 14.8. The predicted octanol–water partition coefficient (Wildman–Crippen LogP) is -1.19. The van der Waals surface area contributed by atoms with Gasteiger partial charge in [-0.05, 0) is 43.2 Å². The molecule has 1 aliphatic heterocycles. The Balaban J connectivity index is 0.00000208. The molecule has 24 heavy (non-hydrogen) atoms. The Hall–Kier alpha value is -0.390. The smallest absolute Gasteiger partial charge is 0.550 e. The molecule has 1 aromatic carbocycles. The van der Waals surface area contributed by atoms with Crippen molar-refractivity contribution in [1.29, 1.82) is 0 Å². The molecule has 1 aliphatic carbocycles. The van der Waals surface area contributed by atoms with Gasteiger partial charge in [0.05, 0.1) is 5.60 Å². The van der Waals surface area contributed by atoms with Crippen LogP contribution in [0.15, 0.2) is 24.3 Å². The molecule has 1 saturated carbocycles. The van der Waals surface area contributed by atoms with E-state index in [1.165, 1.54) is 17.5 Å². The second-order valence-electron chi connectivity index (χ2n) is 7.09. The van der Waals surface area contributed by atoms with Gasteiger partial charge in [0.2, 0.25) is 0 Å². The number of carbonyl (C=O) groups is 1. The van der Waals surface area contributed by atoms with Crippen molar-refractivity contribution in [3.05, 3.63) is 35.4 Å². The number of hydrogen-bond acceptors (Lipinski definition) is 4. The van der Waals surface area contributed by atoms with Gasteiger partial charge in [-0.3, -0.25) is 0 Å². The fourth-order valence-electron chi connectivity index (χ4n) is 3.87. The van der Waals surface area contributed by atoms with Crippen LogP contribution >= 0.6 is 0 Å². The van der Waals surface area contributed by atoms with E-state index in [0.717, 1.165) is 25.8 Å². The van der Waals surface area contributed by atoms with Crippen LogP contribution in [0.4, 0.5) is 0 Å². The molecule has 0 amide bonds. The molecule has 0 bridgehead atoms. The molecule has 1 aromatic rings. The molecule has 5 heteroatoms. The van der Waals surface area contributed by atoms with Crippen molar-refractivity contribution in [2.45, 2.75) is 63.6 Å². The first-order valence-electron chi connectivity index (χ1n) is 8.76. The van der Waals surface area contributed by atoms with E-state index in [1.54, 1.807) is 0 Å². The molecule has 2 fully saturated rings. The molecular formula is C19H26NNaO3. The van der Waals surface area contributed by atoms with Gasteiger partial charge in [0.15, 0.2) is 0 Å². The third-order valence-corrected chi connectivity index (χ3v) is 5.22. The fraction of sp³-hybridized carbons (Fsp3) is 0.632. The molecule has 1 unspecified atom stereocenters. The summed E-state index contributed by atoms with van der Waals surface area (Å²) in [5.74, 6) is -1.25. The van der Waals surface area contributed by atoms with E-state index in [2.05, 4.69) is 36.5 Å². The number of nitrogens with one attached hydrogen (secondary N) is 1. The average Bonchev–Trinajstić information content (AvgIpc) is 2.52. The van der Waals surface area contributed by atoms with Crippen molar-refractivity contribution >= 4 is 5.97 Å². The first-order valence-corrected chi connectivity index (χ1v) is 8.76. The van der Waals surface area contributed by atoms with Crippen molar-refractivity contribution in [2.24, 2.45) is 5.92 Å². The molecule has 4 nitrogen and oxygen atoms in total. The van der Waals surface area contributed by atoms with Gasteiger partial charge in [0.1, 0.15) is 0 Å². The summed E-state index contributed by atoms with van der Waals surface area (Å²) in [7, 11) is 0. The zero-order valence-corrected chi connectivity index (χ0v) is 16.8. The Labute approximate surface area is 166 Å². The summed E-state index contributed by atoms with van der Waals surface area (Å²) >= 11 is 0. The van der Waals surface area contributed by atoms with E-state index >= 15 is 0 Å². The number of carbonyl (C=O) groups excluding carboxylic acids is 1. The van der Waals surface area contributed by atoms with Crippen LogP contribution in [0, 0.1) is 5.92 Å². The van der Waals surface area contributed by atoms with Crippen LogP contribution in [0.25, 0.3) is 0 Å². The van der Waals surface area contributed by atoms with Crippen molar-refractivity contribution < 1.29 is 44.2 Å². The van der Waals surface area contributed by atoms with Crippen LogP contribution in [0.5, 0.6) is 0 Å². The maximum Gasteiger partial charge on any atom is 1.00 e. The van der Waals surface area contributed by atoms with E-state index < -0.39 is 5.97 Å². The largest absolute Gasteiger partial charge is 1.00 e. The van der Waals surface area contributed by atoms with Gasteiger partial charge in [-0.25, -0.2) is 0 Å². The Morgan fingerprint density at radius 3 is 2.54 bits per heavy atom. The summed E-state index contributed by atoms with van der Waals surface area (Å²) in [4.78, 5) is 10.9. The third kappa shape index (κ3) is 4.83. The molecule has 3 rings (SSSR count). The monoisotopic (exact) mass is 339 g/mol. The predicted molar refractivity (Wildman–Crippen MR) is 86.7 cm³/mol. The summed E-state index contributed by atoms with van der Waals surface area (Å²) in [6.45, 7) is 3.77. The van der Waals surface area contributed by atoms with Crippen LogP contribution < -0.4 is 40.0 Å². The minimum atomic E-state index is -0.929. The fourth-order valence-corrected chi connectivity index (χ4v) is 3.87. The Bertz CT molecular complexity index is 540. The second-order valence-corrected chi connectivity index (χ2v) is 7.09. The zero-order chi connectivity index (χ0) is 16.3. The average molecular weight is 339 g/mol. The number of hydrogen-bond donors (Lipinski definition) is 1. The molecule has 126 valence electrons. The normalized spacial score (nSPS) is 28.9. The maximum atomic E-state index is 10.9. The topological polar surface area (TPSA) is 61.4 Å². The van der Waals surface area contributed by atoms with Gasteiger partial charge < -0.3 is 20.0 Å². The van der Waals surface area contributed by atoms with E-state index in [-0.39, 0.29) is 41.1 Å². The van der Waals surface area contributed by atoms with Gasteiger partial charge in [-0.15, -0.1) is 0 Å². The van der Waals surface area contributed by atoms with E-state index in [0.29, 0.717) is 25.5 Å². The Kier molecular flexibility index (Phi) is 7.32. The third-order valence-electron chi connectivity index (χ3n) is 5.22. The molecule has 1 saturated heterocycles. The quantitative estimate of drug-likeness (QED) is 0.662. The molecule has 1 spiro atoms. The molecule has 0 aromatic heterocycles. The van der Waals surface area contributed by atoms with E-state index in [9.17, 15) is 9.90 Å². The van der Waals surface area contributed by atoms with E-state index in [1.807, 2.05) is 0 Å². The van der Waals surface area contributed by atoms with Gasteiger partial charge >= 0.3 is 29.6 Å². The molecule has 1 heterocycles. The van der Waals surface area contributed by atoms with E-state index in [4.69, 9.17) is 4.74 Å². The number of benzene rings is 1. The van der Waals surface area contributed by atoms with Crippen LogP contribution in [-0.2, 0) is 22.5 Å². The minimum Gasteiger partial charge on any atom is -0.550 e. The molecule has 2 aliphatic rings. The second kappa shape index (κ2) is 8.81. The molecular weight excluding hydrogens is 313 g/mol. The Morgan fingerprint density at radius 2 is 1.92 bits per heavy atom. The SMILES string of the molecule is CCCc1ccc(CNC2CCOC3(C2)CC(C(=O)[O-])C3)cc1.[Na+]. The van der Waals surface area contributed by atoms with Gasteiger partial charge in [-0.1, -0.05) is 37.6 Å². The number of carboxylic acid groups (broad SMARTS) is 1. The summed E-state index contributed by atoms with van der Waals surface area (Å²) in [5, 5.41) is 14.5. The molecule has 0 radical (unpaired) electrons. The number of rotatable bonds is 6. The standard InChI is InChI=1S/C19H27NO3.Na/c1-2-3-14-4-6-15(7-5-14)13-20-17-8-9-23-19(12-17)10-16(11-19)18(21)22;/h4-7,16-17,20H,2-3,8-13H2,1H3,(H,21,22);/q;+1/p-1. The molecule has 1 N–H and O–H groups in total. The summed E-state index contributed by atoms with van der Waals surface area (Å²) in [5.41, 5.74) is 2.47. The van der Waals surface area contributed by atoms with Gasteiger partial charge in [0.25, 0.3) is 0 Å². The maximum absolute atomic E-state index is 10.9. The number of ether oxygens (including phenoxy) is 1. The summed E-state index contributed by atoms with van der Waals surface area (Å²) in [6, 6.07) is 9.22. The van der Waals surface area contributed by atoms with Gasteiger partial charge in [-0.2, -0.15) is 0 Å². The molecule has 1 atom stereocenters. The van der Waals surface area contributed by atoms with Crippen LogP contribution in [0.3, 0.4) is 0 Å². The number of aliphatic carboxylic acids is 1. The van der Waals surface area contributed by atoms with Crippen molar-refractivity contribution in [1.82, 2.24) is 5.32 Å². The van der Waals surface area contributed by atoms with Crippen LogP contribution in [-0.4, -0.2) is 24.2 Å². The summed E-state index contributed by atoms with van der Waals surface area (Å²) < 4.78 is 5.88. The van der Waals surface area contributed by atoms with Crippen molar-refractivity contribution in [2.75, 3.05) is 6.61 Å².